The third kappa shape index (κ3) is 2.73. The Morgan fingerprint density at radius 1 is 1.56 bits per heavy atom. The first-order valence-electron chi connectivity index (χ1n) is 5.55. The van der Waals surface area contributed by atoms with Crippen molar-refractivity contribution in [3.8, 4) is 0 Å². The zero-order chi connectivity index (χ0) is 11.5. The van der Waals surface area contributed by atoms with Crippen LogP contribution in [0.1, 0.15) is 12.5 Å². The van der Waals surface area contributed by atoms with E-state index in [0.717, 1.165) is 19.6 Å². The maximum Gasteiger partial charge on any atom is 0.129 e. The third-order valence-corrected chi connectivity index (χ3v) is 3.25. The minimum absolute atomic E-state index is 0.210. The van der Waals surface area contributed by atoms with E-state index >= 15 is 0 Å². The molecule has 0 aliphatic carbocycles. The van der Waals surface area contributed by atoms with E-state index in [0.29, 0.717) is 23.2 Å². The first-order chi connectivity index (χ1) is 7.66. The Hall–Kier alpha value is -0.640. The third-order valence-electron chi connectivity index (χ3n) is 2.90. The summed E-state index contributed by atoms with van der Waals surface area (Å²) in [6.07, 6.45) is 0. The maximum absolute atomic E-state index is 13.6. The lowest BCUT2D eigenvalue weighted by Gasteiger charge is -2.32. The SMILES string of the molecule is C[C@@H]1CN(Cc2c(F)cccc2Cl)CCN1. The first kappa shape index (κ1) is 11.8. The average molecular weight is 243 g/mol. The van der Waals surface area contributed by atoms with Crippen LogP contribution in [0.15, 0.2) is 18.2 Å². The molecule has 88 valence electrons. The second kappa shape index (κ2) is 5.13. The van der Waals surface area contributed by atoms with E-state index in [1.165, 1.54) is 6.07 Å². The van der Waals surface area contributed by atoms with Crippen LogP contribution >= 0.6 is 11.6 Å². The van der Waals surface area contributed by atoms with Gasteiger partial charge < -0.3 is 5.32 Å². The van der Waals surface area contributed by atoms with Gasteiger partial charge in [0.2, 0.25) is 0 Å². The average Bonchev–Trinajstić information content (AvgIpc) is 2.24. The van der Waals surface area contributed by atoms with Gasteiger partial charge in [-0.3, -0.25) is 4.90 Å². The normalized spacial score (nSPS) is 22.3. The zero-order valence-corrected chi connectivity index (χ0v) is 10.1. The summed E-state index contributed by atoms with van der Waals surface area (Å²) in [7, 11) is 0. The van der Waals surface area contributed by atoms with Crippen LogP contribution in [0.5, 0.6) is 0 Å². The minimum atomic E-state index is -0.210. The van der Waals surface area contributed by atoms with Gasteiger partial charge >= 0.3 is 0 Å². The molecule has 1 aromatic carbocycles. The van der Waals surface area contributed by atoms with Gasteiger partial charge in [-0.1, -0.05) is 17.7 Å². The van der Waals surface area contributed by atoms with Crippen LogP contribution in [0.25, 0.3) is 0 Å². The first-order valence-corrected chi connectivity index (χ1v) is 5.93. The molecule has 2 nitrogen and oxygen atoms in total. The Bertz CT molecular complexity index is 350. The lowest BCUT2D eigenvalue weighted by atomic mass is 10.1. The summed E-state index contributed by atoms with van der Waals surface area (Å²) in [5, 5.41) is 3.88. The van der Waals surface area contributed by atoms with Crippen molar-refractivity contribution in [1.29, 1.82) is 0 Å². The molecule has 1 N–H and O–H groups in total. The smallest absolute Gasteiger partial charge is 0.129 e. The highest BCUT2D eigenvalue weighted by Gasteiger charge is 2.18. The number of nitrogens with zero attached hydrogens (tertiary/aromatic N) is 1. The predicted molar refractivity (Wildman–Crippen MR) is 64.2 cm³/mol. The van der Waals surface area contributed by atoms with Crippen LogP contribution in [-0.4, -0.2) is 30.6 Å². The molecule has 1 aromatic rings. The summed E-state index contributed by atoms with van der Waals surface area (Å²) in [5.74, 6) is -0.210. The molecule has 1 atom stereocenters. The lowest BCUT2D eigenvalue weighted by molar-refractivity contribution is 0.197. The molecule has 1 heterocycles. The lowest BCUT2D eigenvalue weighted by Crippen LogP contribution is -2.48. The Morgan fingerprint density at radius 2 is 2.38 bits per heavy atom. The highest BCUT2D eigenvalue weighted by atomic mass is 35.5. The minimum Gasteiger partial charge on any atom is -0.312 e. The molecule has 1 saturated heterocycles. The number of benzene rings is 1. The second-order valence-electron chi connectivity index (χ2n) is 4.29. The summed E-state index contributed by atoms with van der Waals surface area (Å²) in [5.41, 5.74) is 0.610. The van der Waals surface area contributed by atoms with Gasteiger partial charge in [0.15, 0.2) is 0 Å². The monoisotopic (exact) mass is 242 g/mol. The summed E-state index contributed by atoms with van der Waals surface area (Å²) in [6, 6.07) is 5.30. The molecular weight excluding hydrogens is 227 g/mol. The van der Waals surface area contributed by atoms with E-state index in [1.54, 1.807) is 12.1 Å². The molecule has 0 saturated carbocycles. The number of rotatable bonds is 2. The summed E-state index contributed by atoms with van der Waals surface area (Å²) in [4.78, 5) is 2.23. The maximum atomic E-state index is 13.6. The number of halogens is 2. The van der Waals surface area contributed by atoms with Gasteiger partial charge in [0.25, 0.3) is 0 Å². The number of nitrogens with one attached hydrogen (secondary N) is 1. The van der Waals surface area contributed by atoms with E-state index in [2.05, 4.69) is 17.1 Å². The molecule has 0 aromatic heterocycles. The summed E-state index contributed by atoms with van der Waals surface area (Å²) >= 11 is 6.00. The fraction of sp³-hybridized carbons (Fsp3) is 0.500. The Balaban J connectivity index is 2.08. The van der Waals surface area contributed by atoms with Crippen molar-refractivity contribution >= 4 is 11.6 Å². The van der Waals surface area contributed by atoms with Crippen molar-refractivity contribution in [1.82, 2.24) is 10.2 Å². The van der Waals surface area contributed by atoms with Gasteiger partial charge in [-0.15, -0.1) is 0 Å². The standard InChI is InChI=1S/C12H16ClFN2/c1-9-7-16(6-5-15-9)8-10-11(13)3-2-4-12(10)14/h2-4,9,15H,5-8H2,1H3/t9-/m1/s1. The quantitative estimate of drug-likeness (QED) is 0.856. The molecule has 4 heteroatoms. The van der Waals surface area contributed by atoms with Crippen molar-refractivity contribution in [3.05, 3.63) is 34.6 Å². The molecular formula is C12H16ClFN2. The van der Waals surface area contributed by atoms with Crippen LogP contribution in [0.4, 0.5) is 4.39 Å². The largest absolute Gasteiger partial charge is 0.312 e. The fourth-order valence-corrected chi connectivity index (χ4v) is 2.29. The Labute approximate surface area is 100 Å². The van der Waals surface area contributed by atoms with Crippen molar-refractivity contribution < 1.29 is 4.39 Å². The van der Waals surface area contributed by atoms with Crippen LogP contribution in [0.2, 0.25) is 5.02 Å². The topological polar surface area (TPSA) is 15.3 Å². The molecule has 1 aliphatic rings. The molecule has 0 unspecified atom stereocenters. The molecule has 1 aliphatic heterocycles. The highest BCUT2D eigenvalue weighted by Crippen LogP contribution is 2.21. The van der Waals surface area contributed by atoms with Crippen LogP contribution in [0, 0.1) is 5.82 Å². The molecule has 2 rings (SSSR count). The number of piperazine rings is 1. The van der Waals surface area contributed by atoms with Gasteiger partial charge in [0.1, 0.15) is 5.82 Å². The van der Waals surface area contributed by atoms with Gasteiger partial charge in [0, 0.05) is 42.8 Å². The van der Waals surface area contributed by atoms with E-state index < -0.39 is 0 Å². The molecule has 0 amide bonds. The van der Waals surface area contributed by atoms with E-state index in [1.807, 2.05) is 0 Å². The van der Waals surface area contributed by atoms with Gasteiger partial charge in [0.05, 0.1) is 0 Å². The van der Waals surface area contributed by atoms with E-state index in [4.69, 9.17) is 11.6 Å². The molecule has 16 heavy (non-hydrogen) atoms. The van der Waals surface area contributed by atoms with Crippen molar-refractivity contribution in [3.63, 3.8) is 0 Å². The van der Waals surface area contributed by atoms with Gasteiger partial charge in [-0.2, -0.15) is 0 Å². The van der Waals surface area contributed by atoms with Gasteiger partial charge in [-0.25, -0.2) is 4.39 Å². The van der Waals surface area contributed by atoms with Crippen molar-refractivity contribution in [2.45, 2.75) is 19.5 Å². The fourth-order valence-electron chi connectivity index (χ4n) is 2.06. The van der Waals surface area contributed by atoms with E-state index in [9.17, 15) is 4.39 Å². The number of hydrogen-bond donors (Lipinski definition) is 1. The summed E-state index contributed by atoms with van der Waals surface area (Å²) in [6.45, 7) is 5.56. The molecule has 0 bridgehead atoms. The molecule has 0 radical (unpaired) electrons. The zero-order valence-electron chi connectivity index (χ0n) is 9.34. The van der Waals surface area contributed by atoms with Crippen LogP contribution < -0.4 is 5.32 Å². The Kier molecular flexibility index (Phi) is 3.79. The van der Waals surface area contributed by atoms with Gasteiger partial charge in [-0.05, 0) is 19.1 Å². The predicted octanol–water partition coefficient (Wildman–Crippen LogP) is 2.27. The highest BCUT2D eigenvalue weighted by molar-refractivity contribution is 6.31. The van der Waals surface area contributed by atoms with Crippen molar-refractivity contribution in [2.75, 3.05) is 19.6 Å². The Morgan fingerprint density at radius 3 is 3.06 bits per heavy atom. The van der Waals surface area contributed by atoms with Crippen LogP contribution in [-0.2, 0) is 6.54 Å². The van der Waals surface area contributed by atoms with Crippen LogP contribution in [0.3, 0.4) is 0 Å². The molecule has 0 spiro atoms. The second-order valence-corrected chi connectivity index (χ2v) is 4.70. The van der Waals surface area contributed by atoms with E-state index in [-0.39, 0.29) is 5.82 Å². The number of hydrogen-bond acceptors (Lipinski definition) is 2. The summed E-state index contributed by atoms with van der Waals surface area (Å²) < 4.78 is 13.6. The molecule has 1 fully saturated rings. The van der Waals surface area contributed by atoms with Crippen molar-refractivity contribution in [2.24, 2.45) is 0 Å².